The van der Waals surface area contributed by atoms with Gasteiger partial charge in [-0.05, 0) is 24.3 Å². The van der Waals surface area contributed by atoms with Crippen LogP contribution in [0.4, 0.5) is 9.59 Å². The third kappa shape index (κ3) is 2.65. The Morgan fingerprint density at radius 3 is 0.952 bits per heavy atom. The van der Waals surface area contributed by atoms with Crippen LogP contribution in [-0.2, 0) is 37.5 Å². The van der Waals surface area contributed by atoms with Crippen LogP contribution in [0.25, 0.3) is 0 Å². The smallest absolute Gasteiger partial charge is 0.325 e. The Kier molecular flexibility index (Phi) is 4.71. The summed E-state index contributed by atoms with van der Waals surface area (Å²) in [5.41, 5.74) is -0.214. The lowest BCUT2D eigenvalue weighted by atomic mass is 9.79. The molecule has 0 atom stereocenters. The van der Waals surface area contributed by atoms with E-state index in [-0.39, 0.29) is 49.2 Å². The second-order valence-corrected chi connectivity index (χ2v) is 11.1. The fraction of sp³-hybridized carbons (Fsp3) is 0.188. The first-order chi connectivity index (χ1) is 20.3. The van der Waals surface area contributed by atoms with Gasteiger partial charge >= 0.3 is 12.1 Å². The van der Waals surface area contributed by atoms with Crippen molar-refractivity contribution in [2.45, 2.75) is 37.5 Å². The van der Waals surface area contributed by atoms with Gasteiger partial charge in [-0.25, -0.2) is 9.59 Å². The Morgan fingerprint density at radius 2 is 0.690 bits per heavy atom. The number of amides is 4. The summed E-state index contributed by atoms with van der Waals surface area (Å²) in [6, 6.07) is 23.3. The van der Waals surface area contributed by atoms with Crippen molar-refractivity contribution in [1.82, 2.24) is 19.6 Å². The summed E-state index contributed by atoms with van der Waals surface area (Å²) in [4.78, 5) is 36.2. The number of aromatic hydroxyl groups is 4. The number of phenolic OH excluding ortho intramolecular Hbond substituents is 4. The molecule has 4 heterocycles. The van der Waals surface area contributed by atoms with Crippen LogP contribution in [0, 0.1) is 0 Å². The number of nitrogens with zero attached hydrogens (tertiary/aromatic N) is 4. The predicted octanol–water partition coefficient (Wildman–Crippen LogP) is 4.42. The van der Waals surface area contributed by atoms with Crippen LogP contribution < -0.4 is 0 Å². The SMILES string of the molecule is O=C1N2Cc3c(O)ccc(O)c3CN3C(=O)N4Cc5c(O)ccc(O)c5CN1C4(c1ccccc1)C23c1ccccc1. The maximum atomic E-state index is 14.9. The van der Waals surface area contributed by atoms with E-state index in [0.717, 1.165) is 0 Å². The molecule has 0 bridgehead atoms. The quantitative estimate of drug-likeness (QED) is 0.268. The molecule has 0 aliphatic carbocycles. The zero-order chi connectivity index (χ0) is 29.0. The first kappa shape index (κ1) is 24.4. The third-order valence-electron chi connectivity index (χ3n) is 9.35. The molecule has 0 radical (unpaired) electrons. The van der Waals surface area contributed by atoms with Gasteiger partial charge in [-0.3, -0.25) is 19.6 Å². The molecular weight excluding hydrogens is 536 g/mol. The molecule has 4 aromatic rings. The number of carbonyl (C=O) groups is 2. The highest BCUT2D eigenvalue weighted by atomic mass is 16.3. The third-order valence-corrected chi connectivity index (χ3v) is 9.35. The summed E-state index contributed by atoms with van der Waals surface area (Å²) < 4.78 is 0. The van der Waals surface area contributed by atoms with Gasteiger partial charge < -0.3 is 20.4 Å². The summed E-state index contributed by atoms with van der Waals surface area (Å²) in [6.07, 6.45) is 0. The van der Waals surface area contributed by atoms with Crippen molar-refractivity contribution < 1.29 is 30.0 Å². The molecule has 10 heteroatoms. The maximum absolute atomic E-state index is 14.9. The van der Waals surface area contributed by atoms with Crippen LogP contribution in [-0.4, -0.2) is 52.1 Å². The number of rotatable bonds is 2. The average molecular weight is 563 g/mol. The second kappa shape index (κ2) is 8.10. The maximum Gasteiger partial charge on any atom is 0.325 e. The van der Waals surface area contributed by atoms with E-state index < -0.39 is 23.4 Å². The Hall–Kier alpha value is -5.38. The summed E-state index contributed by atoms with van der Waals surface area (Å²) in [5.74, 6) is -0.359. The molecule has 0 unspecified atom stereocenters. The van der Waals surface area contributed by atoms with Gasteiger partial charge in [-0.15, -0.1) is 0 Å². The van der Waals surface area contributed by atoms with Crippen molar-refractivity contribution in [2.75, 3.05) is 0 Å². The zero-order valence-corrected chi connectivity index (χ0v) is 22.3. The molecule has 8 rings (SSSR count). The molecule has 210 valence electrons. The van der Waals surface area contributed by atoms with Crippen molar-refractivity contribution in [3.05, 3.63) is 118 Å². The molecule has 0 aromatic heterocycles. The lowest BCUT2D eigenvalue weighted by Crippen LogP contribution is -2.62. The van der Waals surface area contributed by atoms with E-state index in [4.69, 9.17) is 0 Å². The van der Waals surface area contributed by atoms with Gasteiger partial charge in [0.25, 0.3) is 0 Å². The largest absolute Gasteiger partial charge is 0.508 e. The fourth-order valence-electron chi connectivity index (χ4n) is 7.66. The van der Waals surface area contributed by atoms with Gasteiger partial charge in [0.2, 0.25) is 0 Å². The lowest BCUT2D eigenvalue weighted by Gasteiger charge is -2.49. The van der Waals surface area contributed by atoms with E-state index in [1.807, 2.05) is 60.7 Å². The fourth-order valence-corrected chi connectivity index (χ4v) is 7.66. The molecule has 42 heavy (non-hydrogen) atoms. The topological polar surface area (TPSA) is 128 Å². The van der Waals surface area contributed by atoms with Gasteiger partial charge in [0.15, 0.2) is 11.3 Å². The first-order valence-electron chi connectivity index (χ1n) is 13.7. The van der Waals surface area contributed by atoms with E-state index in [0.29, 0.717) is 33.4 Å². The van der Waals surface area contributed by atoms with Gasteiger partial charge in [-0.1, -0.05) is 60.7 Å². The molecule has 2 saturated heterocycles. The van der Waals surface area contributed by atoms with E-state index in [1.165, 1.54) is 24.3 Å². The monoisotopic (exact) mass is 562 g/mol. The number of phenols is 4. The molecule has 4 N–H and O–H groups in total. The highest BCUT2D eigenvalue weighted by Gasteiger charge is 2.80. The normalized spacial score (nSPS) is 23.8. The standard InChI is InChI=1S/C32H26N4O6/c37-25-11-12-26(38)22-16-34-30(42)36-18-24-23(27(39)13-14-28(24)40)17-35-29(41)33(15-21(22)25)31(34,19-7-3-1-4-8-19)32(35,36)20-9-5-2-6-10-20/h1-14,37-40H,15-18H2. The molecular formula is C32H26N4O6. The van der Waals surface area contributed by atoms with Crippen molar-refractivity contribution >= 4 is 12.1 Å². The number of benzene rings is 4. The number of hydrogen-bond donors (Lipinski definition) is 4. The summed E-state index contributed by atoms with van der Waals surface area (Å²) in [7, 11) is 0. The van der Waals surface area contributed by atoms with Crippen LogP contribution in [0.2, 0.25) is 0 Å². The van der Waals surface area contributed by atoms with Crippen molar-refractivity contribution in [3.8, 4) is 23.0 Å². The van der Waals surface area contributed by atoms with Crippen LogP contribution in [0.5, 0.6) is 23.0 Å². The Balaban J connectivity index is 1.54. The number of carbonyl (C=O) groups excluding carboxylic acids is 2. The van der Waals surface area contributed by atoms with E-state index in [2.05, 4.69) is 0 Å². The summed E-state index contributed by atoms with van der Waals surface area (Å²) in [5, 5.41) is 43.9. The Bertz CT molecular complexity index is 1600. The molecule has 10 nitrogen and oxygen atoms in total. The van der Waals surface area contributed by atoms with Crippen LogP contribution >= 0.6 is 0 Å². The number of fused-ring (bicyclic) bond motifs is 2. The highest BCUT2D eigenvalue weighted by molar-refractivity contribution is 5.91. The van der Waals surface area contributed by atoms with Crippen molar-refractivity contribution in [1.29, 1.82) is 0 Å². The van der Waals surface area contributed by atoms with Crippen LogP contribution in [0.1, 0.15) is 33.4 Å². The van der Waals surface area contributed by atoms with Crippen molar-refractivity contribution in [3.63, 3.8) is 0 Å². The van der Waals surface area contributed by atoms with Crippen LogP contribution in [0.15, 0.2) is 84.9 Å². The van der Waals surface area contributed by atoms with Crippen LogP contribution in [0.3, 0.4) is 0 Å². The van der Waals surface area contributed by atoms with Gasteiger partial charge in [0.1, 0.15) is 23.0 Å². The zero-order valence-electron chi connectivity index (χ0n) is 22.3. The first-order valence-corrected chi connectivity index (χ1v) is 13.7. The highest BCUT2D eigenvalue weighted by Crippen LogP contribution is 2.66. The van der Waals surface area contributed by atoms with Gasteiger partial charge in [0, 0.05) is 33.4 Å². The molecule has 4 aliphatic rings. The van der Waals surface area contributed by atoms with Gasteiger partial charge in [0.05, 0.1) is 26.2 Å². The van der Waals surface area contributed by atoms with E-state index in [9.17, 15) is 30.0 Å². The molecule has 4 aliphatic heterocycles. The average Bonchev–Trinajstić information content (AvgIpc) is 3.17. The van der Waals surface area contributed by atoms with Crippen molar-refractivity contribution in [2.24, 2.45) is 0 Å². The minimum atomic E-state index is -1.48. The molecule has 2 fully saturated rings. The number of urea groups is 2. The minimum absolute atomic E-state index is 0.0898. The summed E-state index contributed by atoms with van der Waals surface area (Å²) >= 11 is 0. The summed E-state index contributed by atoms with van der Waals surface area (Å²) in [6.45, 7) is -0.370. The second-order valence-electron chi connectivity index (χ2n) is 11.1. The Labute approximate surface area is 240 Å². The number of hydrogen-bond acceptors (Lipinski definition) is 6. The van der Waals surface area contributed by atoms with E-state index >= 15 is 0 Å². The molecule has 0 spiro atoms. The molecule has 4 amide bonds. The molecule has 4 aromatic carbocycles. The minimum Gasteiger partial charge on any atom is -0.508 e. The Morgan fingerprint density at radius 1 is 0.429 bits per heavy atom. The molecule has 0 saturated carbocycles. The predicted molar refractivity (Wildman–Crippen MR) is 149 cm³/mol. The van der Waals surface area contributed by atoms with E-state index in [1.54, 1.807) is 19.6 Å². The lowest BCUT2D eigenvalue weighted by molar-refractivity contribution is -0.0795. The van der Waals surface area contributed by atoms with Gasteiger partial charge in [-0.2, -0.15) is 0 Å².